The summed E-state index contributed by atoms with van der Waals surface area (Å²) >= 11 is 7.88. The highest BCUT2D eigenvalue weighted by molar-refractivity contribution is 7.99. The molecule has 4 bridgehead atoms. The predicted octanol–water partition coefficient (Wildman–Crippen LogP) is 5.73. The summed E-state index contributed by atoms with van der Waals surface area (Å²) in [5.41, 5.74) is 1.18. The van der Waals surface area contributed by atoms with Crippen LogP contribution >= 0.6 is 23.4 Å². The van der Waals surface area contributed by atoms with E-state index in [1.165, 1.54) is 31.0 Å². The minimum absolute atomic E-state index is 0.0194. The van der Waals surface area contributed by atoms with E-state index in [0.29, 0.717) is 39.3 Å². The lowest BCUT2D eigenvalue weighted by atomic mass is 9.49. The predicted molar refractivity (Wildman–Crippen MR) is 140 cm³/mol. The second kappa shape index (κ2) is 9.67. The quantitative estimate of drug-likeness (QED) is 0.303. The Kier molecular flexibility index (Phi) is 6.38. The summed E-state index contributed by atoms with van der Waals surface area (Å²) in [4.78, 5) is 26.2. The number of Topliss-reactive ketones (excluding diaryl/α,β-unsaturated/α-hetero) is 1. The van der Waals surface area contributed by atoms with Gasteiger partial charge in [0.15, 0.2) is 16.8 Å². The van der Waals surface area contributed by atoms with Gasteiger partial charge in [0, 0.05) is 11.0 Å². The van der Waals surface area contributed by atoms with E-state index >= 15 is 0 Å². The number of carbonyl (C=O) groups is 2. The number of amides is 1. The molecule has 3 aromatic rings. The van der Waals surface area contributed by atoms with Crippen LogP contribution in [0.15, 0.2) is 59.8 Å². The third kappa shape index (κ3) is 4.48. The molecule has 2 aromatic carbocycles. The Balaban J connectivity index is 1.22. The Morgan fingerprint density at radius 1 is 0.944 bits per heavy atom. The van der Waals surface area contributed by atoms with Gasteiger partial charge in [-0.05, 0) is 68.4 Å². The van der Waals surface area contributed by atoms with E-state index in [0.717, 1.165) is 24.9 Å². The number of ketones is 1. The summed E-state index contributed by atoms with van der Waals surface area (Å²) in [5, 5.41) is 13.1. The van der Waals surface area contributed by atoms with Gasteiger partial charge in [-0.25, -0.2) is 0 Å². The fraction of sp³-hybridized carbons (Fsp3) is 0.429. The van der Waals surface area contributed by atoms with Crippen molar-refractivity contribution < 1.29 is 9.59 Å². The van der Waals surface area contributed by atoms with E-state index < -0.39 is 0 Å². The molecule has 0 radical (unpaired) electrons. The molecule has 0 spiro atoms. The van der Waals surface area contributed by atoms with Crippen molar-refractivity contribution in [2.45, 2.75) is 50.2 Å². The monoisotopic (exact) mass is 520 g/mol. The van der Waals surface area contributed by atoms with Crippen molar-refractivity contribution >= 4 is 35.1 Å². The average molecular weight is 521 g/mol. The molecule has 7 rings (SSSR count). The second-order valence-corrected chi connectivity index (χ2v) is 12.0. The zero-order chi connectivity index (χ0) is 24.7. The molecule has 186 valence electrons. The summed E-state index contributed by atoms with van der Waals surface area (Å²) in [6.45, 7) is 0.270. The van der Waals surface area contributed by atoms with E-state index in [2.05, 4.69) is 15.5 Å². The molecule has 4 aliphatic carbocycles. The summed E-state index contributed by atoms with van der Waals surface area (Å²) in [6, 6.07) is 16.7. The molecule has 4 aliphatic rings. The van der Waals surface area contributed by atoms with Crippen molar-refractivity contribution in [2.24, 2.45) is 23.2 Å². The van der Waals surface area contributed by atoms with Crippen LogP contribution in [0.2, 0.25) is 5.02 Å². The largest absolute Gasteiger partial charge is 0.348 e. The Morgan fingerprint density at radius 2 is 1.58 bits per heavy atom. The number of benzene rings is 2. The van der Waals surface area contributed by atoms with Gasteiger partial charge in [-0.1, -0.05) is 65.8 Å². The number of nitrogens with zero attached hydrogens (tertiary/aromatic N) is 3. The maximum absolute atomic E-state index is 13.5. The zero-order valence-electron chi connectivity index (χ0n) is 20.0. The molecule has 1 aromatic heterocycles. The van der Waals surface area contributed by atoms with Crippen LogP contribution in [0.3, 0.4) is 0 Å². The fourth-order valence-corrected chi connectivity index (χ4v) is 8.03. The first-order valence-corrected chi connectivity index (χ1v) is 14.1. The molecule has 1 heterocycles. The Morgan fingerprint density at radius 3 is 2.25 bits per heavy atom. The maximum Gasteiger partial charge on any atom is 0.226 e. The minimum Gasteiger partial charge on any atom is -0.348 e. The Hall–Kier alpha value is -2.64. The van der Waals surface area contributed by atoms with Crippen molar-refractivity contribution in [1.29, 1.82) is 0 Å². The van der Waals surface area contributed by atoms with Crippen molar-refractivity contribution in [2.75, 3.05) is 5.75 Å². The van der Waals surface area contributed by atoms with Crippen LogP contribution < -0.4 is 5.32 Å². The second-order valence-electron chi connectivity index (χ2n) is 10.6. The number of aromatic nitrogens is 3. The molecule has 0 unspecified atom stereocenters. The number of rotatable bonds is 8. The molecule has 1 amide bonds. The van der Waals surface area contributed by atoms with Crippen LogP contribution in [0, 0.1) is 23.2 Å². The van der Waals surface area contributed by atoms with Gasteiger partial charge in [0.2, 0.25) is 5.91 Å². The van der Waals surface area contributed by atoms with Crippen LogP contribution in [0.25, 0.3) is 5.69 Å². The van der Waals surface area contributed by atoms with Gasteiger partial charge >= 0.3 is 0 Å². The number of nitrogens with one attached hydrogen (secondary N) is 1. The van der Waals surface area contributed by atoms with Gasteiger partial charge in [-0.2, -0.15) is 0 Å². The first-order valence-electron chi connectivity index (χ1n) is 12.7. The van der Waals surface area contributed by atoms with Crippen LogP contribution in [-0.2, 0) is 11.3 Å². The highest BCUT2D eigenvalue weighted by Gasteiger charge is 2.54. The van der Waals surface area contributed by atoms with Gasteiger partial charge in [0.1, 0.15) is 0 Å². The number of hydrogen-bond acceptors (Lipinski definition) is 5. The SMILES string of the molecule is O=C(CSc1nnc(CNC(=O)C23CC4CC(CC(C4)C2)C3)n1-c1ccccc1Cl)c1ccccc1. The topological polar surface area (TPSA) is 76.9 Å². The van der Waals surface area contributed by atoms with Gasteiger partial charge in [-0.3, -0.25) is 14.2 Å². The first kappa shape index (κ1) is 23.7. The lowest BCUT2D eigenvalue weighted by molar-refractivity contribution is -0.146. The molecular weight excluding hydrogens is 492 g/mol. The third-order valence-corrected chi connectivity index (χ3v) is 9.40. The van der Waals surface area contributed by atoms with E-state index in [9.17, 15) is 9.59 Å². The van der Waals surface area contributed by atoms with Crippen LogP contribution in [0.5, 0.6) is 0 Å². The fourth-order valence-electron chi connectivity index (χ4n) is 6.96. The lowest BCUT2D eigenvalue weighted by Gasteiger charge is -2.55. The van der Waals surface area contributed by atoms with E-state index in [1.54, 1.807) is 0 Å². The first-order chi connectivity index (χ1) is 17.5. The van der Waals surface area contributed by atoms with E-state index in [1.807, 2.05) is 59.2 Å². The summed E-state index contributed by atoms with van der Waals surface area (Å²) < 4.78 is 1.87. The van der Waals surface area contributed by atoms with Gasteiger partial charge in [-0.15, -0.1) is 10.2 Å². The van der Waals surface area contributed by atoms with Gasteiger partial charge < -0.3 is 5.32 Å². The molecule has 36 heavy (non-hydrogen) atoms. The smallest absolute Gasteiger partial charge is 0.226 e. The van der Waals surface area contributed by atoms with Crippen LogP contribution in [0.4, 0.5) is 0 Å². The van der Waals surface area contributed by atoms with Crippen molar-refractivity contribution in [3.8, 4) is 5.69 Å². The average Bonchev–Trinajstić information content (AvgIpc) is 3.28. The summed E-state index contributed by atoms with van der Waals surface area (Å²) in [5.74, 6) is 3.13. The molecule has 4 fully saturated rings. The molecule has 0 saturated heterocycles. The molecular formula is C28H29ClN4O2S. The summed E-state index contributed by atoms with van der Waals surface area (Å²) in [7, 11) is 0. The number of halogens is 1. The van der Waals surface area contributed by atoms with Crippen LogP contribution in [0.1, 0.15) is 54.7 Å². The lowest BCUT2D eigenvalue weighted by Crippen LogP contribution is -2.53. The number of hydrogen-bond donors (Lipinski definition) is 1. The Bertz CT molecular complexity index is 1260. The number of carbonyl (C=O) groups excluding carboxylic acids is 2. The van der Waals surface area contributed by atoms with Crippen molar-refractivity contribution in [1.82, 2.24) is 20.1 Å². The minimum atomic E-state index is -0.219. The number of thioether (sulfide) groups is 1. The number of para-hydroxylation sites is 1. The molecule has 1 N–H and O–H groups in total. The molecule has 0 atom stereocenters. The Labute approximate surface area is 220 Å². The normalized spacial score (nSPS) is 26.2. The summed E-state index contributed by atoms with van der Waals surface area (Å²) in [6.07, 6.45) is 6.96. The van der Waals surface area contributed by atoms with Gasteiger partial charge in [0.05, 0.1) is 23.0 Å². The van der Waals surface area contributed by atoms with Crippen molar-refractivity contribution in [3.63, 3.8) is 0 Å². The van der Waals surface area contributed by atoms with Crippen molar-refractivity contribution in [3.05, 3.63) is 71.0 Å². The molecule has 4 saturated carbocycles. The standard InChI is InChI=1S/C28H29ClN4O2S/c29-22-8-4-5-9-23(22)33-25(31-32-27(33)36-17-24(34)21-6-2-1-3-7-21)16-30-26(35)28-13-18-10-19(14-28)12-20(11-18)15-28/h1-9,18-20H,10-17H2,(H,30,35). The zero-order valence-corrected chi connectivity index (χ0v) is 21.6. The van der Waals surface area contributed by atoms with Crippen LogP contribution in [-0.4, -0.2) is 32.2 Å². The maximum atomic E-state index is 13.5. The third-order valence-electron chi connectivity index (χ3n) is 8.15. The molecule has 6 nitrogen and oxygen atoms in total. The highest BCUT2D eigenvalue weighted by atomic mass is 35.5. The van der Waals surface area contributed by atoms with E-state index in [-0.39, 0.29) is 29.4 Å². The molecule has 8 heteroatoms. The highest BCUT2D eigenvalue weighted by Crippen LogP contribution is 2.60. The van der Waals surface area contributed by atoms with Gasteiger partial charge in [0.25, 0.3) is 0 Å². The van der Waals surface area contributed by atoms with E-state index in [4.69, 9.17) is 11.6 Å². The molecule has 0 aliphatic heterocycles.